The number of ketones is 1. The maximum absolute atomic E-state index is 11.4. The second-order valence-electron chi connectivity index (χ2n) is 4.26. The Bertz CT molecular complexity index is 330. The van der Waals surface area contributed by atoms with Crippen LogP contribution in [0.25, 0.3) is 0 Å². The van der Waals surface area contributed by atoms with E-state index in [4.69, 9.17) is 16.3 Å². The largest absolute Gasteiger partial charge is 0.369 e. The highest BCUT2D eigenvalue weighted by atomic mass is 35.5. The lowest BCUT2D eigenvalue weighted by molar-refractivity contribution is -0.124. The van der Waals surface area contributed by atoms with Crippen LogP contribution < -0.4 is 0 Å². The topological polar surface area (TPSA) is 26.3 Å². The fraction of sp³-hybridized carbons (Fsp3) is 0.462. The third-order valence-electron chi connectivity index (χ3n) is 2.08. The second kappa shape index (κ2) is 6.66. The van der Waals surface area contributed by atoms with Gasteiger partial charge in [0.15, 0.2) is 5.78 Å². The molecule has 0 aliphatic rings. The summed E-state index contributed by atoms with van der Waals surface area (Å²) in [7, 11) is 0. The fourth-order valence-corrected chi connectivity index (χ4v) is 1.50. The lowest BCUT2D eigenvalue weighted by atomic mass is 10.1. The van der Waals surface area contributed by atoms with E-state index in [1.165, 1.54) is 0 Å². The molecule has 3 heteroatoms. The van der Waals surface area contributed by atoms with Crippen LogP contribution in [0.1, 0.15) is 25.8 Å². The lowest BCUT2D eigenvalue weighted by Gasteiger charge is -2.05. The van der Waals surface area contributed by atoms with Crippen LogP contribution in [0.5, 0.6) is 0 Å². The van der Waals surface area contributed by atoms with Crippen LogP contribution >= 0.6 is 11.6 Å². The van der Waals surface area contributed by atoms with Crippen molar-refractivity contribution >= 4 is 17.4 Å². The van der Waals surface area contributed by atoms with Gasteiger partial charge in [-0.3, -0.25) is 4.79 Å². The van der Waals surface area contributed by atoms with Crippen LogP contribution in [-0.4, -0.2) is 12.4 Å². The van der Waals surface area contributed by atoms with E-state index in [1.807, 2.05) is 38.1 Å². The van der Waals surface area contributed by atoms with Crippen LogP contribution in [0.3, 0.4) is 0 Å². The summed E-state index contributed by atoms with van der Waals surface area (Å²) in [5.41, 5.74) is 1.03. The van der Waals surface area contributed by atoms with Gasteiger partial charge < -0.3 is 4.74 Å². The third-order valence-corrected chi connectivity index (χ3v) is 2.33. The minimum atomic E-state index is 0.156. The Morgan fingerprint density at radius 2 is 1.94 bits per heavy atom. The van der Waals surface area contributed by atoms with Crippen molar-refractivity contribution in [2.45, 2.75) is 26.9 Å². The number of benzene rings is 1. The molecule has 0 aliphatic heterocycles. The first-order valence-corrected chi connectivity index (χ1v) is 5.79. The van der Waals surface area contributed by atoms with Gasteiger partial charge in [0.2, 0.25) is 0 Å². The maximum Gasteiger partial charge on any atom is 0.158 e. The highest BCUT2D eigenvalue weighted by Crippen LogP contribution is 2.10. The number of ether oxygens (including phenoxy) is 1. The van der Waals surface area contributed by atoms with Crippen molar-refractivity contribution in [3.05, 3.63) is 34.9 Å². The zero-order valence-corrected chi connectivity index (χ0v) is 10.5. The van der Waals surface area contributed by atoms with E-state index in [0.717, 1.165) is 5.56 Å². The molecule has 0 N–H and O–H groups in total. The Hall–Kier alpha value is -0.860. The van der Waals surface area contributed by atoms with Crippen molar-refractivity contribution in [3.8, 4) is 0 Å². The standard InChI is InChI=1S/C13H17ClO2/c1-10(2)7-13(15)9-16-8-11-3-5-12(14)6-4-11/h3-6,10H,7-9H2,1-2H3. The summed E-state index contributed by atoms with van der Waals surface area (Å²) < 4.78 is 5.33. The number of hydrogen-bond acceptors (Lipinski definition) is 2. The van der Waals surface area contributed by atoms with Gasteiger partial charge >= 0.3 is 0 Å². The first-order chi connectivity index (χ1) is 7.58. The first kappa shape index (κ1) is 13.2. The summed E-state index contributed by atoms with van der Waals surface area (Å²) >= 11 is 5.76. The summed E-state index contributed by atoms with van der Waals surface area (Å²) in [6, 6.07) is 7.43. The van der Waals surface area contributed by atoms with E-state index < -0.39 is 0 Å². The van der Waals surface area contributed by atoms with Crippen molar-refractivity contribution in [1.82, 2.24) is 0 Å². The molecule has 0 bridgehead atoms. The normalized spacial score (nSPS) is 10.8. The van der Waals surface area contributed by atoms with Gasteiger partial charge in [0.1, 0.15) is 6.61 Å². The molecule has 1 rings (SSSR count). The van der Waals surface area contributed by atoms with Gasteiger partial charge in [0.05, 0.1) is 6.61 Å². The number of carbonyl (C=O) groups is 1. The monoisotopic (exact) mass is 240 g/mol. The van der Waals surface area contributed by atoms with Crippen LogP contribution in [-0.2, 0) is 16.1 Å². The Balaban J connectivity index is 2.25. The van der Waals surface area contributed by atoms with Gasteiger partial charge in [-0.25, -0.2) is 0 Å². The minimum absolute atomic E-state index is 0.156. The summed E-state index contributed by atoms with van der Waals surface area (Å²) in [5, 5.41) is 0.708. The second-order valence-corrected chi connectivity index (χ2v) is 4.69. The average molecular weight is 241 g/mol. The van der Waals surface area contributed by atoms with Crippen LogP contribution in [0.15, 0.2) is 24.3 Å². The number of halogens is 1. The molecule has 0 spiro atoms. The van der Waals surface area contributed by atoms with Crippen LogP contribution in [0, 0.1) is 5.92 Å². The molecule has 0 unspecified atom stereocenters. The van der Waals surface area contributed by atoms with Gasteiger partial charge in [-0.05, 0) is 23.6 Å². The number of rotatable bonds is 6. The highest BCUT2D eigenvalue weighted by Gasteiger charge is 2.05. The molecule has 1 aromatic rings. The summed E-state index contributed by atoms with van der Waals surface area (Å²) in [4.78, 5) is 11.4. The summed E-state index contributed by atoms with van der Waals surface area (Å²) in [6.07, 6.45) is 0.584. The molecule has 0 amide bonds. The zero-order chi connectivity index (χ0) is 12.0. The van der Waals surface area contributed by atoms with Crippen molar-refractivity contribution < 1.29 is 9.53 Å². The average Bonchev–Trinajstić information content (AvgIpc) is 2.20. The van der Waals surface area contributed by atoms with Gasteiger partial charge in [-0.2, -0.15) is 0 Å². The first-order valence-electron chi connectivity index (χ1n) is 5.42. The van der Waals surface area contributed by atoms with Crippen molar-refractivity contribution in [3.63, 3.8) is 0 Å². The van der Waals surface area contributed by atoms with Gasteiger partial charge in [0, 0.05) is 11.4 Å². The molecule has 0 fully saturated rings. The maximum atomic E-state index is 11.4. The molecule has 0 saturated carbocycles. The molecular weight excluding hydrogens is 224 g/mol. The lowest BCUT2D eigenvalue weighted by Crippen LogP contribution is -2.11. The zero-order valence-electron chi connectivity index (χ0n) is 9.70. The molecule has 0 aromatic heterocycles. The van der Waals surface area contributed by atoms with Crippen molar-refractivity contribution in [2.75, 3.05) is 6.61 Å². The van der Waals surface area contributed by atoms with E-state index >= 15 is 0 Å². The molecule has 2 nitrogen and oxygen atoms in total. The molecule has 0 atom stereocenters. The Kier molecular flexibility index (Phi) is 5.50. The number of Topliss-reactive ketones (excluding diaryl/α,β-unsaturated/α-hetero) is 1. The molecule has 0 saturated heterocycles. The molecule has 0 radical (unpaired) electrons. The minimum Gasteiger partial charge on any atom is -0.369 e. The molecule has 88 valence electrons. The van der Waals surface area contributed by atoms with E-state index in [1.54, 1.807) is 0 Å². The van der Waals surface area contributed by atoms with Crippen LogP contribution in [0.2, 0.25) is 5.02 Å². The molecule has 0 heterocycles. The predicted octanol–water partition coefficient (Wildman–Crippen LogP) is 3.47. The Morgan fingerprint density at radius 3 is 2.50 bits per heavy atom. The van der Waals surface area contributed by atoms with Crippen molar-refractivity contribution in [2.24, 2.45) is 5.92 Å². The smallest absolute Gasteiger partial charge is 0.158 e. The summed E-state index contributed by atoms with van der Waals surface area (Å²) in [6.45, 7) is 4.70. The predicted molar refractivity (Wildman–Crippen MR) is 65.6 cm³/mol. The highest BCUT2D eigenvalue weighted by molar-refractivity contribution is 6.30. The Labute approximate surface area is 102 Å². The van der Waals surface area contributed by atoms with Crippen LogP contribution in [0.4, 0.5) is 0 Å². The van der Waals surface area contributed by atoms with Gasteiger partial charge in [-0.15, -0.1) is 0 Å². The van der Waals surface area contributed by atoms with Crippen molar-refractivity contribution in [1.29, 1.82) is 0 Å². The molecule has 1 aromatic carbocycles. The third kappa shape index (κ3) is 5.29. The van der Waals surface area contributed by atoms with E-state index in [2.05, 4.69) is 0 Å². The SMILES string of the molecule is CC(C)CC(=O)COCc1ccc(Cl)cc1. The molecular formula is C13H17ClO2. The quantitative estimate of drug-likeness (QED) is 0.761. The van der Waals surface area contributed by atoms with Gasteiger partial charge in [0.25, 0.3) is 0 Å². The van der Waals surface area contributed by atoms with E-state index in [-0.39, 0.29) is 12.4 Å². The number of carbonyl (C=O) groups excluding carboxylic acids is 1. The number of hydrogen-bond donors (Lipinski definition) is 0. The van der Waals surface area contributed by atoms with E-state index in [0.29, 0.717) is 24.0 Å². The van der Waals surface area contributed by atoms with Gasteiger partial charge in [-0.1, -0.05) is 37.6 Å². The fourth-order valence-electron chi connectivity index (χ4n) is 1.38. The van der Waals surface area contributed by atoms with E-state index in [9.17, 15) is 4.79 Å². The molecule has 0 aliphatic carbocycles. The summed E-state index contributed by atoms with van der Waals surface area (Å²) in [5.74, 6) is 0.551. The molecule has 16 heavy (non-hydrogen) atoms. The Morgan fingerprint density at radius 1 is 1.31 bits per heavy atom.